The van der Waals surface area contributed by atoms with Crippen molar-refractivity contribution >= 4 is 11.6 Å². The molecule has 16 heavy (non-hydrogen) atoms. The predicted molar refractivity (Wildman–Crippen MR) is 58.7 cm³/mol. The number of anilines is 1. The average Bonchev–Trinajstić information content (AvgIpc) is 2.21. The van der Waals surface area contributed by atoms with Crippen LogP contribution >= 0.6 is 0 Å². The van der Waals surface area contributed by atoms with E-state index in [9.17, 15) is 13.6 Å². The Morgan fingerprint density at radius 1 is 1.31 bits per heavy atom. The molecule has 0 aliphatic heterocycles. The number of hydrogen-bond donors (Lipinski definition) is 2. The standard InChI is InChI=1S/C11H14F2N2O/c1-8-2-4-9(5-3-8)15-11(16)7-14-6-10(12)13/h2-5,10,14H,6-7H2,1H3,(H,15,16). The summed E-state index contributed by atoms with van der Waals surface area (Å²) in [6.45, 7) is 1.36. The molecule has 1 amide bonds. The molecule has 1 aromatic rings. The predicted octanol–water partition coefficient (Wildman–Crippen LogP) is 1.79. The molecule has 1 rings (SSSR count). The molecule has 3 nitrogen and oxygen atoms in total. The summed E-state index contributed by atoms with van der Waals surface area (Å²) in [5, 5.41) is 4.95. The Balaban J connectivity index is 2.31. The van der Waals surface area contributed by atoms with Crippen molar-refractivity contribution in [3.05, 3.63) is 29.8 Å². The van der Waals surface area contributed by atoms with Crippen LogP contribution in [-0.2, 0) is 4.79 Å². The summed E-state index contributed by atoms with van der Waals surface area (Å²) in [4.78, 5) is 11.3. The van der Waals surface area contributed by atoms with E-state index in [4.69, 9.17) is 0 Å². The van der Waals surface area contributed by atoms with Crippen molar-refractivity contribution in [3.8, 4) is 0 Å². The number of amides is 1. The minimum Gasteiger partial charge on any atom is -0.325 e. The van der Waals surface area contributed by atoms with Gasteiger partial charge in [0.15, 0.2) is 0 Å². The number of carbonyl (C=O) groups excluding carboxylic acids is 1. The minimum absolute atomic E-state index is 0.113. The van der Waals surface area contributed by atoms with Crippen LogP contribution in [0.3, 0.4) is 0 Å². The number of benzene rings is 1. The second kappa shape index (κ2) is 6.17. The number of nitrogens with one attached hydrogen (secondary N) is 2. The van der Waals surface area contributed by atoms with Crippen LogP contribution < -0.4 is 10.6 Å². The molecule has 0 fully saturated rings. The summed E-state index contributed by atoms with van der Waals surface area (Å²) in [7, 11) is 0. The second-order valence-corrected chi connectivity index (χ2v) is 3.44. The fourth-order valence-corrected chi connectivity index (χ4v) is 1.14. The second-order valence-electron chi connectivity index (χ2n) is 3.44. The van der Waals surface area contributed by atoms with Crippen molar-refractivity contribution in [2.45, 2.75) is 13.3 Å². The molecule has 0 bridgehead atoms. The first-order chi connectivity index (χ1) is 7.58. The summed E-state index contributed by atoms with van der Waals surface area (Å²) in [6, 6.07) is 7.26. The van der Waals surface area contributed by atoms with Crippen LogP contribution in [0.2, 0.25) is 0 Å². The summed E-state index contributed by atoms with van der Waals surface area (Å²) in [5.41, 5.74) is 1.75. The normalized spacial score (nSPS) is 10.5. The molecule has 88 valence electrons. The summed E-state index contributed by atoms with van der Waals surface area (Å²) in [6.07, 6.45) is -2.44. The first-order valence-electron chi connectivity index (χ1n) is 4.93. The molecule has 0 aliphatic rings. The van der Waals surface area contributed by atoms with Gasteiger partial charge in [-0.05, 0) is 19.1 Å². The zero-order valence-electron chi connectivity index (χ0n) is 8.97. The van der Waals surface area contributed by atoms with Crippen LogP contribution in [-0.4, -0.2) is 25.4 Å². The topological polar surface area (TPSA) is 41.1 Å². The SMILES string of the molecule is Cc1ccc(NC(=O)CNCC(F)F)cc1. The van der Waals surface area contributed by atoms with Gasteiger partial charge in [0.2, 0.25) is 5.91 Å². The van der Waals surface area contributed by atoms with Crippen molar-refractivity contribution in [2.24, 2.45) is 0 Å². The number of carbonyl (C=O) groups is 1. The van der Waals surface area contributed by atoms with E-state index < -0.39 is 13.0 Å². The maximum absolute atomic E-state index is 11.8. The third-order valence-electron chi connectivity index (χ3n) is 1.92. The molecule has 0 unspecified atom stereocenters. The van der Waals surface area contributed by atoms with Gasteiger partial charge in [0.1, 0.15) is 0 Å². The highest BCUT2D eigenvalue weighted by Gasteiger charge is 2.04. The van der Waals surface area contributed by atoms with E-state index in [1.54, 1.807) is 12.1 Å². The highest BCUT2D eigenvalue weighted by Crippen LogP contribution is 2.07. The summed E-state index contributed by atoms with van der Waals surface area (Å²) in [5.74, 6) is -0.329. The van der Waals surface area contributed by atoms with Gasteiger partial charge in [-0.25, -0.2) is 8.78 Å². The zero-order chi connectivity index (χ0) is 12.0. The number of alkyl halides is 2. The highest BCUT2D eigenvalue weighted by molar-refractivity contribution is 5.92. The van der Waals surface area contributed by atoms with Crippen molar-refractivity contribution in [3.63, 3.8) is 0 Å². The maximum Gasteiger partial charge on any atom is 0.250 e. The molecule has 0 radical (unpaired) electrons. The van der Waals surface area contributed by atoms with Crippen molar-refractivity contribution in [1.82, 2.24) is 5.32 Å². The Hall–Kier alpha value is -1.49. The largest absolute Gasteiger partial charge is 0.325 e. The first kappa shape index (κ1) is 12.6. The number of aryl methyl sites for hydroxylation is 1. The maximum atomic E-state index is 11.8. The lowest BCUT2D eigenvalue weighted by molar-refractivity contribution is -0.115. The average molecular weight is 228 g/mol. The molecule has 5 heteroatoms. The Morgan fingerprint density at radius 2 is 1.94 bits per heavy atom. The van der Waals surface area contributed by atoms with Gasteiger partial charge in [-0.15, -0.1) is 0 Å². The molecule has 0 saturated heterocycles. The van der Waals surface area contributed by atoms with Crippen molar-refractivity contribution in [1.29, 1.82) is 0 Å². The van der Waals surface area contributed by atoms with E-state index in [0.717, 1.165) is 5.56 Å². The van der Waals surface area contributed by atoms with Gasteiger partial charge in [0.25, 0.3) is 6.43 Å². The Bertz CT molecular complexity index is 338. The van der Waals surface area contributed by atoms with Gasteiger partial charge >= 0.3 is 0 Å². The lowest BCUT2D eigenvalue weighted by atomic mass is 10.2. The number of rotatable bonds is 5. The van der Waals surface area contributed by atoms with Crippen LogP contribution in [0.5, 0.6) is 0 Å². The van der Waals surface area contributed by atoms with Gasteiger partial charge in [0.05, 0.1) is 13.1 Å². The molecule has 0 spiro atoms. The minimum atomic E-state index is -2.44. The third kappa shape index (κ3) is 4.84. The van der Waals surface area contributed by atoms with Crippen molar-refractivity contribution in [2.75, 3.05) is 18.4 Å². The van der Waals surface area contributed by atoms with Crippen molar-refractivity contribution < 1.29 is 13.6 Å². The molecular weight excluding hydrogens is 214 g/mol. The van der Waals surface area contributed by atoms with Gasteiger partial charge in [-0.3, -0.25) is 4.79 Å². The van der Waals surface area contributed by atoms with Crippen LogP contribution in [0.4, 0.5) is 14.5 Å². The van der Waals surface area contributed by atoms with Crippen LogP contribution in [0, 0.1) is 6.92 Å². The zero-order valence-corrected chi connectivity index (χ0v) is 8.97. The molecule has 1 aromatic carbocycles. The molecule has 0 aliphatic carbocycles. The smallest absolute Gasteiger partial charge is 0.250 e. The monoisotopic (exact) mass is 228 g/mol. The fourth-order valence-electron chi connectivity index (χ4n) is 1.14. The fraction of sp³-hybridized carbons (Fsp3) is 0.364. The van der Waals surface area contributed by atoms with Gasteiger partial charge in [-0.2, -0.15) is 0 Å². The molecule has 0 atom stereocenters. The molecule has 2 N–H and O–H groups in total. The molecule has 0 heterocycles. The van der Waals surface area contributed by atoms with Crippen LogP contribution in [0.1, 0.15) is 5.56 Å². The van der Waals surface area contributed by atoms with E-state index in [1.807, 2.05) is 19.1 Å². The van der Waals surface area contributed by atoms with E-state index in [1.165, 1.54) is 0 Å². The number of hydrogen-bond acceptors (Lipinski definition) is 2. The Kier molecular flexibility index (Phi) is 4.85. The molecular formula is C11H14F2N2O. The van der Waals surface area contributed by atoms with Gasteiger partial charge in [0, 0.05) is 5.69 Å². The van der Waals surface area contributed by atoms with E-state index in [0.29, 0.717) is 5.69 Å². The highest BCUT2D eigenvalue weighted by atomic mass is 19.3. The van der Waals surface area contributed by atoms with Gasteiger partial charge in [-0.1, -0.05) is 17.7 Å². The lowest BCUT2D eigenvalue weighted by Crippen LogP contribution is -2.31. The van der Waals surface area contributed by atoms with E-state index >= 15 is 0 Å². The Labute approximate surface area is 92.8 Å². The summed E-state index contributed by atoms with van der Waals surface area (Å²) < 4.78 is 23.5. The van der Waals surface area contributed by atoms with E-state index in [2.05, 4.69) is 10.6 Å². The molecule has 0 aromatic heterocycles. The third-order valence-corrected chi connectivity index (χ3v) is 1.92. The first-order valence-corrected chi connectivity index (χ1v) is 4.93. The lowest BCUT2D eigenvalue weighted by Gasteiger charge is -2.06. The quantitative estimate of drug-likeness (QED) is 0.806. The number of halogens is 2. The Morgan fingerprint density at radius 3 is 2.50 bits per heavy atom. The van der Waals surface area contributed by atoms with Crippen LogP contribution in [0.25, 0.3) is 0 Å². The van der Waals surface area contributed by atoms with E-state index in [-0.39, 0.29) is 12.5 Å². The van der Waals surface area contributed by atoms with Gasteiger partial charge < -0.3 is 10.6 Å². The van der Waals surface area contributed by atoms with Crippen LogP contribution in [0.15, 0.2) is 24.3 Å². The molecule has 0 saturated carbocycles. The summed E-state index contributed by atoms with van der Waals surface area (Å²) >= 11 is 0.